The van der Waals surface area contributed by atoms with E-state index in [9.17, 15) is 5.11 Å². The van der Waals surface area contributed by atoms with Crippen LogP contribution >= 0.6 is 0 Å². The number of aliphatic hydroxyl groups is 1. The van der Waals surface area contributed by atoms with Crippen LogP contribution in [-0.2, 0) is 14.2 Å². The van der Waals surface area contributed by atoms with E-state index < -0.39 is 0 Å². The number of aliphatic hydroxyl groups excluding tert-OH is 1. The van der Waals surface area contributed by atoms with Crippen LogP contribution < -0.4 is 4.74 Å². The lowest BCUT2D eigenvalue weighted by molar-refractivity contribution is -0.115. The van der Waals surface area contributed by atoms with Gasteiger partial charge in [0.05, 0.1) is 31.5 Å². The summed E-state index contributed by atoms with van der Waals surface area (Å²) in [6, 6.07) is 7.73. The molecule has 1 unspecified atom stereocenters. The molecule has 0 radical (unpaired) electrons. The van der Waals surface area contributed by atoms with Gasteiger partial charge in [0.25, 0.3) is 0 Å². The quantitative estimate of drug-likeness (QED) is 0.745. The van der Waals surface area contributed by atoms with Gasteiger partial charge in [-0.25, -0.2) is 0 Å². The number of rotatable bonds is 8. The van der Waals surface area contributed by atoms with Gasteiger partial charge in [0, 0.05) is 12.7 Å². The molecule has 5 nitrogen and oxygen atoms in total. The highest BCUT2D eigenvalue weighted by Gasteiger charge is 2.36. The summed E-state index contributed by atoms with van der Waals surface area (Å²) in [6.07, 6.45) is 4.52. The zero-order valence-corrected chi connectivity index (χ0v) is 13.6. The first-order chi connectivity index (χ1) is 11.3. The molecule has 2 bridgehead atoms. The Balaban J connectivity index is 1.65. The summed E-state index contributed by atoms with van der Waals surface area (Å²) in [5.74, 6) is 0.749. The molecule has 2 saturated heterocycles. The fourth-order valence-electron chi connectivity index (χ4n) is 3.48. The number of fused-ring (bicyclic) bond motifs is 2. The molecule has 0 saturated carbocycles. The molecule has 0 aromatic heterocycles. The fraction of sp³-hybridized carbons (Fsp3) is 0.667. The lowest BCUT2D eigenvalue weighted by atomic mass is 10.0. The largest absolute Gasteiger partial charge is 0.491 e. The molecular weight excluding hydrogens is 296 g/mol. The summed E-state index contributed by atoms with van der Waals surface area (Å²) in [5.41, 5.74) is 0.893. The first kappa shape index (κ1) is 16.7. The van der Waals surface area contributed by atoms with Crippen molar-refractivity contribution in [3.63, 3.8) is 0 Å². The summed E-state index contributed by atoms with van der Waals surface area (Å²) < 4.78 is 22.9. The number of hydrogen-bond donors (Lipinski definition) is 1. The van der Waals surface area contributed by atoms with Crippen molar-refractivity contribution in [1.82, 2.24) is 0 Å². The molecule has 2 aliphatic rings. The van der Waals surface area contributed by atoms with Crippen LogP contribution in [0, 0.1) is 0 Å². The Morgan fingerprint density at radius 1 is 1.17 bits per heavy atom. The minimum Gasteiger partial charge on any atom is -0.491 e. The van der Waals surface area contributed by atoms with Crippen LogP contribution in [0.3, 0.4) is 0 Å². The number of methoxy groups -OCH3 is 1. The average Bonchev–Trinajstić information content (AvgIpc) is 2.92. The maximum absolute atomic E-state index is 9.82. The normalized spacial score (nSPS) is 27.8. The Bertz CT molecular complexity index is 480. The van der Waals surface area contributed by atoms with Crippen molar-refractivity contribution in [2.45, 2.75) is 50.1 Å². The number of hydrogen-bond acceptors (Lipinski definition) is 5. The third kappa shape index (κ3) is 4.23. The highest BCUT2D eigenvalue weighted by atomic mass is 16.5. The molecule has 2 heterocycles. The van der Waals surface area contributed by atoms with E-state index in [2.05, 4.69) is 0 Å². The molecule has 3 rings (SSSR count). The van der Waals surface area contributed by atoms with E-state index in [1.807, 2.05) is 24.3 Å². The van der Waals surface area contributed by atoms with E-state index in [0.29, 0.717) is 25.4 Å². The Labute approximate surface area is 137 Å². The summed E-state index contributed by atoms with van der Waals surface area (Å²) in [5, 5.41) is 9.82. The van der Waals surface area contributed by atoms with Crippen molar-refractivity contribution >= 4 is 0 Å². The minimum atomic E-state index is -0.365. The monoisotopic (exact) mass is 322 g/mol. The first-order valence-electron chi connectivity index (χ1n) is 8.42. The maximum atomic E-state index is 9.82. The Kier molecular flexibility index (Phi) is 5.89. The molecule has 0 aliphatic carbocycles. The van der Waals surface area contributed by atoms with Gasteiger partial charge in [0.15, 0.2) is 0 Å². The molecule has 2 aliphatic heterocycles. The lowest BCUT2D eigenvalue weighted by Crippen LogP contribution is -2.32. The second kappa shape index (κ2) is 8.11. The molecule has 0 amide bonds. The van der Waals surface area contributed by atoms with E-state index in [0.717, 1.165) is 37.0 Å². The Morgan fingerprint density at radius 2 is 1.91 bits per heavy atom. The van der Waals surface area contributed by atoms with Crippen molar-refractivity contribution in [1.29, 1.82) is 0 Å². The highest BCUT2D eigenvalue weighted by molar-refractivity contribution is 5.35. The molecule has 128 valence electrons. The summed E-state index contributed by atoms with van der Waals surface area (Å²) in [6.45, 7) is 0.951. The Hall–Kier alpha value is -1.14. The van der Waals surface area contributed by atoms with Gasteiger partial charge >= 0.3 is 0 Å². The van der Waals surface area contributed by atoms with Crippen LogP contribution in [0.1, 0.15) is 37.4 Å². The van der Waals surface area contributed by atoms with Gasteiger partial charge in [-0.1, -0.05) is 18.2 Å². The minimum absolute atomic E-state index is 0.0582. The van der Waals surface area contributed by atoms with Gasteiger partial charge < -0.3 is 24.1 Å². The number of para-hydroxylation sites is 1. The predicted octanol–water partition coefficient (Wildman–Crippen LogP) is 2.47. The smallest absolute Gasteiger partial charge is 0.125 e. The molecule has 23 heavy (non-hydrogen) atoms. The topological polar surface area (TPSA) is 57.2 Å². The van der Waals surface area contributed by atoms with E-state index in [1.165, 1.54) is 0 Å². The lowest BCUT2D eigenvalue weighted by Gasteiger charge is -2.31. The van der Waals surface area contributed by atoms with Gasteiger partial charge in [0.1, 0.15) is 18.5 Å². The van der Waals surface area contributed by atoms with Crippen molar-refractivity contribution in [2.24, 2.45) is 0 Å². The van der Waals surface area contributed by atoms with Gasteiger partial charge in [0.2, 0.25) is 0 Å². The summed E-state index contributed by atoms with van der Waals surface area (Å²) in [4.78, 5) is 0. The molecular formula is C18H26O5. The van der Waals surface area contributed by atoms with Crippen molar-refractivity contribution in [2.75, 3.05) is 26.9 Å². The zero-order valence-electron chi connectivity index (χ0n) is 13.6. The summed E-state index contributed by atoms with van der Waals surface area (Å²) in [7, 11) is 1.65. The van der Waals surface area contributed by atoms with E-state index >= 15 is 0 Å². The fourth-order valence-corrected chi connectivity index (χ4v) is 3.48. The summed E-state index contributed by atoms with van der Waals surface area (Å²) >= 11 is 0. The molecule has 1 aromatic rings. The van der Waals surface area contributed by atoms with Gasteiger partial charge in [-0.15, -0.1) is 0 Å². The SMILES string of the molecule is COCCOc1ccccc1C(CO)OC1C[C@@H]2CC[C@@H](C1)O2. The molecule has 1 aromatic carbocycles. The van der Waals surface area contributed by atoms with Crippen molar-refractivity contribution in [3.8, 4) is 5.75 Å². The van der Waals surface area contributed by atoms with Crippen LogP contribution in [0.25, 0.3) is 0 Å². The second-order valence-electron chi connectivity index (χ2n) is 6.24. The van der Waals surface area contributed by atoms with E-state index in [1.54, 1.807) is 7.11 Å². The average molecular weight is 322 g/mol. The molecule has 5 heteroatoms. The van der Waals surface area contributed by atoms with Crippen molar-refractivity contribution in [3.05, 3.63) is 29.8 Å². The highest BCUT2D eigenvalue weighted by Crippen LogP contribution is 2.37. The second-order valence-corrected chi connectivity index (χ2v) is 6.24. The van der Waals surface area contributed by atoms with Crippen LogP contribution in [0.4, 0.5) is 0 Å². The van der Waals surface area contributed by atoms with E-state index in [4.69, 9.17) is 18.9 Å². The molecule has 3 atom stereocenters. The maximum Gasteiger partial charge on any atom is 0.125 e. The Morgan fingerprint density at radius 3 is 2.61 bits per heavy atom. The van der Waals surface area contributed by atoms with Crippen LogP contribution in [0.15, 0.2) is 24.3 Å². The van der Waals surface area contributed by atoms with Gasteiger partial charge in [-0.05, 0) is 31.7 Å². The van der Waals surface area contributed by atoms with E-state index in [-0.39, 0.29) is 18.8 Å². The van der Waals surface area contributed by atoms with Gasteiger partial charge in [-0.2, -0.15) is 0 Å². The van der Waals surface area contributed by atoms with Crippen LogP contribution in [0.2, 0.25) is 0 Å². The zero-order chi connectivity index (χ0) is 16.1. The molecule has 1 N–H and O–H groups in total. The first-order valence-corrected chi connectivity index (χ1v) is 8.42. The van der Waals surface area contributed by atoms with Gasteiger partial charge in [-0.3, -0.25) is 0 Å². The predicted molar refractivity (Wildman–Crippen MR) is 85.6 cm³/mol. The molecule has 2 fully saturated rings. The number of benzene rings is 1. The molecule has 0 spiro atoms. The standard InChI is InChI=1S/C18H26O5/c1-20-8-9-21-17-5-3-2-4-16(17)18(12-19)23-15-10-13-6-7-14(11-15)22-13/h2-5,13-15,18-19H,6-12H2,1H3/t13-,14-,18?/m0/s1. The van der Waals surface area contributed by atoms with Crippen LogP contribution in [-0.4, -0.2) is 50.3 Å². The third-order valence-corrected chi connectivity index (χ3v) is 4.58. The van der Waals surface area contributed by atoms with Crippen molar-refractivity contribution < 1.29 is 24.1 Å². The van der Waals surface area contributed by atoms with Crippen LogP contribution in [0.5, 0.6) is 5.75 Å². The number of ether oxygens (including phenoxy) is 4. The third-order valence-electron chi connectivity index (χ3n) is 4.58.